The van der Waals surface area contributed by atoms with Crippen LogP contribution in [-0.2, 0) is 4.74 Å². The van der Waals surface area contributed by atoms with Gasteiger partial charge in [-0.15, -0.1) is 0 Å². The van der Waals surface area contributed by atoms with E-state index in [0.717, 1.165) is 18.4 Å². The summed E-state index contributed by atoms with van der Waals surface area (Å²) < 4.78 is 5.57. The first-order valence-corrected chi connectivity index (χ1v) is 7.44. The first-order valence-electron chi connectivity index (χ1n) is 7.44. The van der Waals surface area contributed by atoms with Crippen LogP contribution in [0.3, 0.4) is 0 Å². The Bertz CT molecular complexity index is 525. The van der Waals surface area contributed by atoms with Gasteiger partial charge in [-0.3, -0.25) is 11.3 Å². The Morgan fingerprint density at radius 1 is 1.00 bits per heavy atom. The molecule has 21 heavy (non-hydrogen) atoms. The van der Waals surface area contributed by atoms with Gasteiger partial charge in [0.1, 0.15) is 0 Å². The number of rotatable bonds is 7. The molecule has 3 N–H and O–H groups in total. The highest BCUT2D eigenvalue weighted by atomic mass is 16.5. The maximum atomic E-state index is 5.73. The zero-order chi connectivity index (χ0) is 15.1. The molecule has 2 rings (SSSR count). The Labute approximate surface area is 127 Å². The average Bonchev–Trinajstić information content (AvgIpc) is 2.56. The predicted octanol–water partition coefficient (Wildman–Crippen LogP) is 3.67. The summed E-state index contributed by atoms with van der Waals surface area (Å²) in [6.45, 7) is 2.15. The minimum atomic E-state index is 0.0137. The first kappa shape index (κ1) is 15.7. The van der Waals surface area contributed by atoms with Gasteiger partial charge < -0.3 is 4.74 Å². The fourth-order valence-electron chi connectivity index (χ4n) is 2.64. The summed E-state index contributed by atoms with van der Waals surface area (Å²) in [6.07, 6.45) is 2.13. The summed E-state index contributed by atoms with van der Waals surface area (Å²) in [5.41, 5.74) is 6.47. The third-order valence-corrected chi connectivity index (χ3v) is 3.80. The molecule has 2 unspecified atom stereocenters. The second kappa shape index (κ2) is 7.93. The lowest BCUT2D eigenvalue weighted by molar-refractivity contribution is 0.0606. The van der Waals surface area contributed by atoms with Crippen LogP contribution in [0.15, 0.2) is 54.6 Å². The molecule has 0 heterocycles. The lowest BCUT2D eigenvalue weighted by atomic mass is 9.96. The van der Waals surface area contributed by atoms with Crippen molar-refractivity contribution in [3.05, 3.63) is 60.2 Å². The van der Waals surface area contributed by atoms with Gasteiger partial charge in [0.25, 0.3) is 0 Å². The van der Waals surface area contributed by atoms with Gasteiger partial charge in [-0.1, -0.05) is 67.9 Å². The largest absolute Gasteiger partial charge is 0.379 e. The highest BCUT2D eigenvalue weighted by Gasteiger charge is 2.21. The molecule has 0 aliphatic carbocycles. The van der Waals surface area contributed by atoms with Crippen molar-refractivity contribution in [2.45, 2.75) is 31.9 Å². The Balaban J connectivity index is 2.20. The van der Waals surface area contributed by atoms with E-state index in [-0.39, 0.29) is 12.1 Å². The van der Waals surface area contributed by atoms with E-state index in [4.69, 9.17) is 10.6 Å². The number of ether oxygens (including phenoxy) is 1. The normalized spacial score (nSPS) is 13.9. The smallest absolute Gasteiger partial charge is 0.0778 e. The molecule has 0 bridgehead atoms. The van der Waals surface area contributed by atoms with Crippen LogP contribution in [0, 0.1) is 0 Å². The molecule has 3 heteroatoms. The van der Waals surface area contributed by atoms with Crippen LogP contribution < -0.4 is 11.3 Å². The van der Waals surface area contributed by atoms with Crippen molar-refractivity contribution in [1.82, 2.24) is 5.43 Å². The van der Waals surface area contributed by atoms with Gasteiger partial charge in [-0.25, -0.2) is 0 Å². The molecule has 2 aromatic carbocycles. The van der Waals surface area contributed by atoms with Crippen LogP contribution in [0.4, 0.5) is 0 Å². The quantitative estimate of drug-likeness (QED) is 0.602. The number of nitrogens with two attached hydrogens (primary N) is 1. The second-order valence-corrected chi connectivity index (χ2v) is 5.20. The van der Waals surface area contributed by atoms with Crippen molar-refractivity contribution in [3.8, 4) is 11.1 Å². The predicted molar refractivity (Wildman–Crippen MR) is 87.6 cm³/mol. The van der Waals surface area contributed by atoms with E-state index in [2.05, 4.69) is 60.9 Å². The van der Waals surface area contributed by atoms with Crippen LogP contribution in [0.25, 0.3) is 11.1 Å². The van der Waals surface area contributed by atoms with Gasteiger partial charge in [0.05, 0.1) is 12.1 Å². The molecule has 0 saturated heterocycles. The number of hydrazine groups is 1. The topological polar surface area (TPSA) is 47.3 Å². The van der Waals surface area contributed by atoms with Gasteiger partial charge in [0.15, 0.2) is 0 Å². The Morgan fingerprint density at radius 3 is 2.14 bits per heavy atom. The van der Waals surface area contributed by atoms with Crippen molar-refractivity contribution in [1.29, 1.82) is 0 Å². The fourth-order valence-corrected chi connectivity index (χ4v) is 2.64. The zero-order valence-electron chi connectivity index (χ0n) is 12.8. The summed E-state index contributed by atoms with van der Waals surface area (Å²) in [5, 5.41) is 0. The van der Waals surface area contributed by atoms with E-state index in [1.54, 1.807) is 7.11 Å². The van der Waals surface area contributed by atoms with Gasteiger partial charge in [0.2, 0.25) is 0 Å². The minimum absolute atomic E-state index is 0.0137. The molecule has 0 radical (unpaired) electrons. The van der Waals surface area contributed by atoms with E-state index in [9.17, 15) is 0 Å². The third kappa shape index (κ3) is 3.91. The van der Waals surface area contributed by atoms with Crippen LogP contribution in [0.2, 0.25) is 0 Å². The van der Waals surface area contributed by atoms with Gasteiger partial charge in [0, 0.05) is 7.11 Å². The Hall–Kier alpha value is -1.68. The molecule has 0 amide bonds. The minimum Gasteiger partial charge on any atom is -0.379 e. The Morgan fingerprint density at radius 2 is 1.62 bits per heavy atom. The highest BCUT2D eigenvalue weighted by Crippen LogP contribution is 2.25. The lowest BCUT2D eigenvalue weighted by Gasteiger charge is -2.25. The van der Waals surface area contributed by atoms with Gasteiger partial charge >= 0.3 is 0 Å². The second-order valence-electron chi connectivity index (χ2n) is 5.20. The summed E-state index contributed by atoms with van der Waals surface area (Å²) in [7, 11) is 1.74. The van der Waals surface area contributed by atoms with Crippen molar-refractivity contribution in [3.63, 3.8) is 0 Å². The molecule has 3 nitrogen and oxygen atoms in total. The molecule has 0 aliphatic heterocycles. The SMILES string of the molecule is CCCC(OC)C(NN)c1ccc(-c2ccccc2)cc1. The zero-order valence-corrected chi connectivity index (χ0v) is 12.8. The van der Waals surface area contributed by atoms with Crippen molar-refractivity contribution < 1.29 is 4.74 Å². The van der Waals surface area contributed by atoms with Crippen molar-refractivity contribution in [2.75, 3.05) is 7.11 Å². The number of hydrogen-bond acceptors (Lipinski definition) is 3. The summed E-state index contributed by atoms with van der Waals surface area (Å²) in [4.78, 5) is 0. The van der Waals surface area contributed by atoms with Gasteiger partial charge in [-0.2, -0.15) is 0 Å². The van der Waals surface area contributed by atoms with Crippen LogP contribution >= 0.6 is 0 Å². The molecule has 2 atom stereocenters. The lowest BCUT2D eigenvalue weighted by Crippen LogP contribution is -2.37. The summed E-state index contributed by atoms with van der Waals surface area (Å²) in [6, 6.07) is 18.9. The summed E-state index contributed by atoms with van der Waals surface area (Å²) in [5.74, 6) is 5.73. The van der Waals surface area contributed by atoms with E-state index >= 15 is 0 Å². The molecular formula is C18H24N2O. The number of methoxy groups -OCH3 is 1. The van der Waals surface area contributed by atoms with Crippen LogP contribution in [0.5, 0.6) is 0 Å². The molecule has 0 spiro atoms. The van der Waals surface area contributed by atoms with E-state index in [1.807, 2.05) is 6.07 Å². The van der Waals surface area contributed by atoms with E-state index < -0.39 is 0 Å². The van der Waals surface area contributed by atoms with Crippen LogP contribution in [0.1, 0.15) is 31.4 Å². The number of hydrogen-bond donors (Lipinski definition) is 2. The fraction of sp³-hybridized carbons (Fsp3) is 0.333. The summed E-state index contributed by atoms with van der Waals surface area (Å²) >= 11 is 0. The molecule has 0 saturated carbocycles. The Kier molecular flexibility index (Phi) is 5.93. The maximum absolute atomic E-state index is 5.73. The van der Waals surface area contributed by atoms with Crippen molar-refractivity contribution in [2.24, 2.45) is 5.84 Å². The number of benzene rings is 2. The molecule has 2 aromatic rings. The van der Waals surface area contributed by atoms with E-state index in [1.165, 1.54) is 11.1 Å². The number of nitrogens with one attached hydrogen (secondary N) is 1. The van der Waals surface area contributed by atoms with Crippen LogP contribution in [-0.4, -0.2) is 13.2 Å². The maximum Gasteiger partial charge on any atom is 0.0778 e. The van der Waals surface area contributed by atoms with E-state index in [0.29, 0.717) is 0 Å². The molecule has 0 aliphatic rings. The molecular weight excluding hydrogens is 260 g/mol. The molecule has 0 aromatic heterocycles. The first-order chi connectivity index (χ1) is 10.3. The molecule has 112 valence electrons. The monoisotopic (exact) mass is 284 g/mol. The van der Waals surface area contributed by atoms with Crippen molar-refractivity contribution >= 4 is 0 Å². The highest BCUT2D eigenvalue weighted by molar-refractivity contribution is 5.63. The average molecular weight is 284 g/mol. The molecule has 0 fully saturated rings. The van der Waals surface area contributed by atoms with Gasteiger partial charge in [-0.05, 0) is 23.1 Å². The standard InChI is InChI=1S/C18H24N2O/c1-3-7-17(21-2)18(20-19)16-12-10-15(11-13-16)14-8-5-4-6-9-14/h4-6,8-13,17-18,20H,3,7,19H2,1-2H3. The third-order valence-electron chi connectivity index (χ3n) is 3.80.